The average molecular weight is 215 g/mol. The van der Waals surface area contributed by atoms with Crippen molar-refractivity contribution in [2.75, 3.05) is 5.73 Å². The Labute approximate surface area is 95.3 Å². The molecule has 2 heteroatoms. The van der Waals surface area contributed by atoms with Gasteiger partial charge in [-0.25, -0.2) is 0 Å². The molecule has 0 bridgehead atoms. The molecule has 0 radical (unpaired) electrons. The van der Waals surface area contributed by atoms with E-state index in [0.717, 1.165) is 21.7 Å². The lowest BCUT2D eigenvalue weighted by Crippen LogP contribution is -1.89. The third-order valence-electron chi connectivity index (χ3n) is 2.43. The second kappa shape index (κ2) is 3.99. The monoisotopic (exact) mass is 215 g/mol. The molecule has 1 nitrogen and oxygen atoms in total. The maximum absolute atomic E-state index is 5.81. The molecular weight excluding hydrogens is 202 g/mol. The van der Waals surface area contributed by atoms with Crippen LogP contribution in [0.5, 0.6) is 0 Å². The van der Waals surface area contributed by atoms with E-state index in [-0.39, 0.29) is 0 Å². The molecule has 0 aliphatic heterocycles. The van der Waals surface area contributed by atoms with Gasteiger partial charge in [0.1, 0.15) is 0 Å². The summed E-state index contributed by atoms with van der Waals surface area (Å²) in [7, 11) is 0. The Balaban J connectivity index is 2.54. The van der Waals surface area contributed by atoms with E-state index in [2.05, 4.69) is 43.8 Å². The van der Waals surface area contributed by atoms with E-state index in [0.29, 0.717) is 0 Å². The van der Waals surface area contributed by atoms with Crippen LogP contribution in [0.1, 0.15) is 5.56 Å². The van der Waals surface area contributed by atoms with Gasteiger partial charge in [0, 0.05) is 10.6 Å². The van der Waals surface area contributed by atoms with Gasteiger partial charge in [-0.3, -0.25) is 0 Å². The third-order valence-corrected chi connectivity index (χ3v) is 2.93. The number of nitrogens with two attached hydrogens (primary N) is 1. The van der Waals surface area contributed by atoms with E-state index in [1.807, 2.05) is 18.2 Å². The topological polar surface area (TPSA) is 26.0 Å². The van der Waals surface area contributed by atoms with Gasteiger partial charge >= 0.3 is 0 Å². The minimum Gasteiger partial charge on any atom is -0.398 e. The lowest BCUT2D eigenvalue weighted by atomic mass is 10.0. The molecule has 76 valence electrons. The van der Waals surface area contributed by atoms with Gasteiger partial charge in [0.15, 0.2) is 0 Å². The standard InChI is InChI=1S/C13H13NS/c1-9-5-7-10(8-6-9)11-3-2-4-12(14)13(11)15/h2-8,15H,14H2,1H3. The van der Waals surface area contributed by atoms with Crippen molar-refractivity contribution in [3.8, 4) is 11.1 Å². The number of hydrogen-bond donors (Lipinski definition) is 2. The fourth-order valence-corrected chi connectivity index (χ4v) is 1.81. The van der Waals surface area contributed by atoms with Crippen molar-refractivity contribution in [3.05, 3.63) is 48.0 Å². The Morgan fingerprint density at radius 3 is 2.33 bits per heavy atom. The summed E-state index contributed by atoms with van der Waals surface area (Å²) >= 11 is 4.42. The van der Waals surface area contributed by atoms with Crippen molar-refractivity contribution in [1.82, 2.24) is 0 Å². The SMILES string of the molecule is Cc1ccc(-c2cccc(N)c2S)cc1. The molecule has 0 amide bonds. The first-order valence-electron chi connectivity index (χ1n) is 4.83. The highest BCUT2D eigenvalue weighted by Crippen LogP contribution is 2.30. The molecule has 2 rings (SSSR count). The number of hydrogen-bond acceptors (Lipinski definition) is 2. The van der Waals surface area contributed by atoms with Crippen LogP contribution in [-0.2, 0) is 0 Å². The second-order valence-electron chi connectivity index (χ2n) is 3.61. The first kappa shape index (κ1) is 10.1. The molecule has 0 saturated heterocycles. The minimum absolute atomic E-state index is 0.719. The fourth-order valence-electron chi connectivity index (χ4n) is 1.53. The van der Waals surface area contributed by atoms with E-state index in [1.54, 1.807) is 0 Å². The van der Waals surface area contributed by atoms with Crippen LogP contribution in [0.4, 0.5) is 5.69 Å². The van der Waals surface area contributed by atoms with Crippen LogP contribution in [0.15, 0.2) is 47.4 Å². The highest BCUT2D eigenvalue weighted by Gasteiger charge is 2.03. The van der Waals surface area contributed by atoms with E-state index >= 15 is 0 Å². The first-order valence-corrected chi connectivity index (χ1v) is 5.27. The highest BCUT2D eigenvalue weighted by atomic mass is 32.1. The predicted molar refractivity (Wildman–Crippen MR) is 68.3 cm³/mol. The summed E-state index contributed by atoms with van der Waals surface area (Å²) in [6, 6.07) is 14.2. The van der Waals surface area contributed by atoms with E-state index in [4.69, 9.17) is 5.73 Å². The maximum atomic E-state index is 5.81. The van der Waals surface area contributed by atoms with Crippen molar-refractivity contribution < 1.29 is 0 Å². The summed E-state index contributed by atoms with van der Waals surface area (Å²) < 4.78 is 0. The quantitative estimate of drug-likeness (QED) is 0.552. The maximum Gasteiger partial charge on any atom is 0.0455 e. The van der Waals surface area contributed by atoms with Gasteiger partial charge in [-0.1, -0.05) is 42.0 Å². The number of thiol groups is 1. The van der Waals surface area contributed by atoms with Crippen LogP contribution < -0.4 is 5.73 Å². The molecule has 0 atom stereocenters. The molecule has 0 fully saturated rings. The summed E-state index contributed by atoms with van der Waals surface area (Å²) in [5.41, 5.74) is 10.0. The van der Waals surface area contributed by atoms with Gasteiger partial charge in [-0.15, -0.1) is 12.6 Å². The lowest BCUT2D eigenvalue weighted by molar-refractivity contribution is 1.43. The highest BCUT2D eigenvalue weighted by molar-refractivity contribution is 7.80. The van der Waals surface area contributed by atoms with Gasteiger partial charge in [0.25, 0.3) is 0 Å². The predicted octanol–water partition coefficient (Wildman–Crippen LogP) is 3.53. The number of rotatable bonds is 1. The molecule has 0 heterocycles. The Kier molecular flexibility index (Phi) is 2.69. The minimum atomic E-state index is 0.719. The zero-order chi connectivity index (χ0) is 10.8. The van der Waals surface area contributed by atoms with Gasteiger partial charge in [0.2, 0.25) is 0 Å². The van der Waals surface area contributed by atoms with E-state index in [1.165, 1.54) is 5.56 Å². The van der Waals surface area contributed by atoms with Crippen molar-refractivity contribution in [1.29, 1.82) is 0 Å². The Hall–Kier alpha value is -1.41. The van der Waals surface area contributed by atoms with Gasteiger partial charge < -0.3 is 5.73 Å². The van der Waals surface area contributed by atoms with Crippen molar-refractivity contribution in [3.63, 3.8) is 0 Å². The summed E-state index contributed by atoms with van der Waals surface area (Å²) in [6.07, 6.45) is 0. The van der Waals surface area contributed by atoms with Gasteiger partial charge in [-0.05, 0) is 24.1 Å². The number of anilines is 1. The average Bonchev–Trinajstić information content (AvgIpc) is 2.24. The largest absolute Gasteiger partial charge is 0.398 e. The molecule has 0 saturated carbocycles. The molecule has 0 aliphatic rings. The van der Waals surface area contributed by atoms with Crippen molar-refractivity contribution >= 4 is 18.3 Å². The van der Waals surface area contributed by atoms with Crippen LogP contribution in [-0.4, -0.2) is 0 Å². The van der Waals surface area contributed by atoms with E-state index in [9.17, 15) is 0 Å². The molecular formula is C13H13NS. The number of nitrogen functional groups attached to an aromatic ring is 1. The number of benzene rings is 2. The Bertz CT molecular complexity index is 474. The smallest absolute Gasteiger partial charge is 0.0455 e. The Morgan fingerprint density at radius 2 is 1.67 bits per heavy atom. The molecule has 2 N–H and O–H groups in total. The molecule has 2 aromatic carbocycles. The van der Waals surface area contributed by atoms with Crippen LogP contribution in [0, 0.1) is 6.92 Å². The molecule has 15 heavy (non-hydrogen) atoms. The number of aryl methyl sites for hydroxylation is 1. The summed E-state index contributed by atoms with van der Waals surface area (Å²) in [4.78, 5) is 0.848. The van der Waals surface area contributed by atoms with Crippen LogP contribution in [0.3, 0.4) is 0 Å². The van der Waals surface area contributed by atoms with Gasteiger partial charge in [0.05, 0.1) is 0 Å². The van der Waals surface area contributed by atoms with Crippen LogP contribution in [0.25, 0.3) is 11.1 Å². The van der Waals surface area contributed by atoms with Crippen molar-refractivity contribution in [2.24, 2.45) is 0 Å². The fraction of sp³-hybridized carbons (Fsp3) is 0.0769. The van der Waals surface area contributed by atoms with Crippen molar-refractivity contribution in [2.45, 2.75) is 11.8 Å². The molecule has 0 unspecified atom stereocenters. The van der Waals surface area contributed by atoms with Gasteiger partial charge in [-0.2, -0.15) is 0 Å². The molecule has 0 aromatic heterocycles. The second-order valence-corrected chi connectivity index (χ2v) is 4.06. The zero-order valence-corrected chi connectivity index (χ0v) is 9.46. The molecule has 0 aliphatic carbocycles. The third kappa shape index (κ3) is 2.00. The normalized spacial score (nSPS) is 10.3. The summed E-state index contributed by atoms with van der Waals surface area (Å²) in [5.74, 6) is 0. The summed E-state index contributed by atoms with van der Waals surface area (Å²) in [5, 5.41) is 0. The Morgan fingerprint density at radius 1 is 1.00 bits per heavy atom. The van der Waals surface area contributed by atoms with Crippen LogP contribution >= 0.6 is 12.6 Å². The first-order chi connectivity index (χ1) is 7.18. The lowest BCUT2D eigenvalue weighted by Gasteiger charge is -2.07. The van der Waals surface area contributed by atoms with Crippen LogP contribution in [0.2, 0.25) is 0 Å². The molecule has 0 spiro atoms. The zero-order valence-electron chi connectivity index (χ0n) is 8.57. The molecule has 2 aromatic rings. The van der Waals surface area contributed by atoms with E-state index < -0.39 is 0 Å². The summed E-state index contributed by atoms with van der Waals surface area (Å²) in [6.45, 7) is 2.07.